The summed E-state index contributed by atoms with van der Waals surface area (Å²) in [6.07, 6.45) is -1.99. The van der Waals surface area contributed by atoms with Crippen LogP contribution in [0.4, 0.5) is 19.0 Å². The second-order valence-electron chi connectivity index (χ2n) is 5.57. The number of nitrogens with zero attached hydrogens (tertiary/aromatic N) is 2. The maximum Gasteiger partial charge on any atom is 0.416 e. The highest BCUT2D eigenvalue weighted by Gasteiger charge is 2.30. The maximum absolute atomic E-state index is 13.0. The molecule has 4 nitrogen and oxygen atoms in total. The number of fused-ring (bicyclic) bond motifs is 1. The molecule has 0 aliphatic carbocycles. The van der Waals surface area contributed by atoms with Gasteiger partial charge in [0.1, 0.15) is 5.82 Å². The van der Waals surface area contributed by atoms with Crippen LogP contribution in [0.5, 0.6) is 0 Å². The van der Waals surface area contributed by atoms with Gasteiger partial charge in [-0.15, -0.1) is 0 Å². The first kappa shape index (κ1) is 17.2. The molecule has 0 aliphatic heterocycles. The van der Waals surface area contributed by atoms with Gasteiger partial charge >= 0.3 is 6.18 Å². The molecule has 0 atom stereocenters. The van der Waals surface area contributed by atoms with Gasteiger partial charge < -0.3 is 11.1 Å². The van der Waals surface area contributed by atoms with Crippen LogP contribution >= 0.6 is 0 Å². The molecular formula is C18H17F3N4. The van der Waals surface area contributed by atoms with Crippen molar-refractivity contribution in [1.82, 2.24) is 9.97 Å². The number of pyridine rings is 2. The molecule has 2 aromatic heterocycles. The van der Waals surface area contributed by atoms with Crippen LogP contribution in [0, 0.1) is 0 Å². The van der Waals surface area contributed by atoms with Crippen LogP contribution in [0.25, 0.3) is 22.2 Å². The predicted molar refractivity (Wildman–Crippen MR) is 92.1 cm³/mol. The molecule has 0 fully saturated rings. The number of benzene rings is 1. The van der Waals surface area contributed by atoms with E-state index in [0.717, 1.165) is 23.9 Å². The predicted octanol–water partition coefficient (Wildman–Crippen LogP) is 4.08. The van der Waals surface area contributed by atoms with Gasteiger partial charge in [-0.2, -0.15) is 13.2 Å². The molecular weight excluding hydrogens is 329 g/mol. The Labute approximate surface area is 142 Å². The van der Waals surface area contributed by atoms with E-state index >= 15 is 0 Å². The molecule has 0 spiro atoms. The molecule has 0 aliphatic rings. The monoisotopic (exact) mass is 346 g/mol. The standard InChI is InChI=1S/C18H17F3N4/c19-18(20,21)13-5-1-4-12(10-13)15-11-16-14(6-2-8-23-16)17(25-15)24-9-3-7-22/h1-2,4-6,8,10-11H,3,7,9,22H2,(H,24,25). The van der Waals surface area contributed by atoms with E-state index in [1.165, 1.54) is 6.07 Å². The van der Waals surface area contributed by atoms with Crippen LogP contribution in [-0.2, 0) is 6.18 Å². The van der Waals surface area contributed by atoms with E-state index < -0.39 is 11.7 Å². The lowest BCUT2D eigenvalue weighted by molar-refractivity contribution is -0.137. The van der Waals surface area contributed by atoms with Gasteiger partial charge in [-0.1, -0.05) is 12.1 Å². The molecule has 0 saturated carbocycles. The number of hydrogen-bond donors (Lipinski definition) is 2. The highest BCUT2D eigenvalue weighted by molar-refractivity contribution is 5.91. The molecule has 3 aromatic rings. The van der Waals surface area contributed by atoms with Crippen LogP contribution in [0.15, 0.2) is 48.7 Å². The van der Waals surface area contributed by atoms with Crippen LogP contribution in [0.2, 0.25) is 0 Å². The Bertz CT molecular complexity index is 878. The molecule has 3 N–H and O–H groups in total. The smallest absolute Gasteiger partial charge is 0.369 e. The Kier molecular flexibility index (Phi) is 4.85. The SMILES string of the molecule is NCCCNc1nc(-c2cccc(C(F)(F)F)c2)cc2ncccc12. The summed E-state index contributed by atoms with van der Waals surface area (Å²) in [6.45, 7) is 1.16. The summed E-state index contributed by atoms with van der Waals surface area (Å²) in [6, 6.07) is 10.5. The first-order valence-electron chi connectivity index (χ1n) is 7.86. The lowest BCUT2D eigenvalue weighted by Gasteiger charge is -2.12. The molecule has 0 amide bonds. The summed E-state index contributed by atoms with van der Waals surface area (Å²) < 4.78 is 38.9. The van der Waals surface area contributed by atoms with E-state index in [4.69, 9.17) is 5.73 Å². The van der Waals surface area contributed by atoms with Crippen LogP contribution in [0.3, 0.4) is 0 Å². The van der Waals surface area contributed by atoms with Crippen molar-refractivity contribution in [1.29, 1.82) is 0 Å². The highest BCUT2D eigenvalue weighted by atomic mass is 19.4. The van der Waals surface area contributed by atoms with Gasteiger partial charge in [0.15, 0.2) is 0 Å². The zero-order valence-corrected chi connectivity index (χ0v) is 13.3. The van der Waals surface area contributed by atoms with Gasteiger partial charge in [0.05, 0.1) is 16.8 Å². The summed E-state index contributed by atoms with van der Waals surface area (Å²) in [5.74, 6) is 0.589. The van der Waals surface area contributed by atoms with Crippen molar-refractivity contribution in [2.75, 3.05) is 18.4 Å². The minimum Gasteiger partial charge on any atom is -0.369 e. The number of rotatable bonds is 5. The quantitative estimate of drug-likeness (QED) is 0.684. The number of aromatic nitrogens is 2. The van der Waals surface area contributed by atoms with Crippen molar-refractivity contribution in [2.24, 2.45) is 5.73 Å². The van der Waals surface area contributed by atoms with Gasteiger partial charge in [-0.25, -0.2) is 4.98 Å². The van der Waals surface area contributed by atoms with Gasteiger partial charge in [-0.05, 0) is 43.3 Å². The molecule has 0 radical (unpaired) electrons. The Morgan fingerprint density at radius 2 is 1.92 bits per heavy atom. The molecule has 0 unspecified atom stereocenters. The first-order chi connectivity index (χ1) is 12.0. The number of nitrogens with two attached hydrogens (primary N) is 1. The third kappa shape index (κ3) is 3.88. The molecule has 1 aromatic carbocycles. The Hall–Kier alpha value is -2.67. The summed E-state index contributed by atoms with van der Waals surface area (Å²) in [4.78, 5) is 8.81. The Morgan fingerprint density at radius 3 is 2.68 bits per heavy atom. The molecule has 3 rings (SSSR count). The summed E-state index contributed by atoms with van der Waals surface area (Å²) >= 11 is 0. The normalized spacial score (nSPS) is 11.7. The van der Waals surface area contributed by atoms with Crippen molar-refractivity contribution in [3.05, 3.63) is 54.2 Å². The fraction of sp³-hybridized carbons (Fsp3) is 0.222. The fourth-order valence-electron chi connectivity index (χ4n) is 2.52. The average Bonchev–Trinajstić information content (AvgIpc) is 2.61. The molecule has 0 saturated heterocycles. The Morgan fingerprint density at radius 1 is 1.08 bits per heavy atom. The van der Waals surface area contributed by atoms with E-state index in [9.17, 15) is 13.2 Å². The summed E-state index contributed by atoms with van der Waals surface area (Å²) in [5.41, 5.74) is 6.30. The molecule has 130 valence electrons. The van der Waals surface area contributed by atoms with Gasteiger partial charge in [0.2, 0.25) is 0 Å². The van der Waals surface area contributed by atoms with Crippen molar-refractivity contribution in [3.63, 3.8) is 0 Å². The largest absolute Gasteiger partial charge is 0.416 e. The molecule has 2 heterocycles. The molecule has 25 heavy (non-hydrogen) atoms. The van der Waals surface area contributed by atoms with Crippen molar-refractivity contribution in [3.8, 4) is 11.3 Å². The van der Waals surface area contributed by atoms with E-state index in [1.807, 2.05) is 6.07 Å². The van der Waals surface area contributed by atoms with Crippen molar-refractivity contribution in [2.45, 2.75) is 12.6 Å². The van der Waals surface area contributed by atoms with Gasteiger partial charge in [0.25, 0.3) is 0 Å². The minimum absolute atomic E-state index is 0.393. The first-order valence-corrected chi connectivity index (χ1v) is 7.86. The second-order valence-corrected chi connectivity index (χ2v) is 5.57. The van der Waals surface area contributed by atoms with Gasteiger partial charge in [-0.3, -0.25) is 4.98 Å². The highest BCUT2D eigenvalue weighted by Crippen LogP contribution is 2.33. The zero-order chi connectivity index (χ0) is 17.9. The van der Waals surface area contributed by atoms with Crippen LogP contribution in [0.1, 0.15) is 12.0 Å². The average molecular weight is 346 g/mol. The maximum atomic E-state index is 13.0. The number of nitrogens with one attached hydrogen (secondary N) is 1. The number of alkyl halides is 3. The van der Waals surface area contributed by atoms with Gasteiger partial charge in [0, 0.05) is 23.7 Å². The minimum atomic E-state index is -4.40. The van der Waals surface area contributed by atoms with Crippen LogP contribution < -0.4 is 11.1 Å². The molecule has 7 heteroatoms. The topological polar surface area (TPSA) is 63.8 Å². The second kappa shape index (κ2) is 7.06. The lowest BCUT2D eigenvalue weighted by Crippen LogP contribution is -2.10. The van der Waals surface area contributed by atoms with Crippen molar-refractivity contribution < 1.29 is 13.2 Å². The Balaban J connectivity index is 2.07. The third-order valence-corrected chi connectivity index (χ3v) is 3.76. The lowest BCUT2D eigenvalue weighted by atomic mass is 10.1. The number of halogens is 3. The number of hydrogen-bond acceptors (Lipinski definition) is 4. The van der Waals surface area contributed by atoms with E-state index in [2.05, 4.69) is 15.3 Å². The summed E-state index contributed by atoms with van der Waals surface area (Å²) in [7, 11) is 0. The summed E-state index contributed by atoms with van der Waals surface area (Å²) in [5, 5.41) is 4.01. The van der Waals surface area contributed by atoms with E-state index in [0.29, 0.717) is 35.7 Å². The third-order valence-electron chi connectivity index (χ3n) is 3.76. The zero-order valence-electron chi connectivity index (χ0n) is 13.3. The van der Waals surface area contributed by atoms with E-state index in [1.54, 1.807) is 24.4 Å². The van der Waals surface area contributed by atoms with Crippen LogP contribution in [-0.4, -0.2) is 23.1 Å². The van der Waals surface area contributed by atoms with E-state index in [-0.39, 0.29) is 0 Å². The van der Waals surface area contributed by atoms with Crippen molar-refractivity contribution >= 4 is 16.7 Å². The fourth-order valence-corrected chi connectivity index (χ4v) is 2.52. The molecule has 0 bridgehead atoms. The number of anilines is 1.